The van der Waals surface area contributed by atoms with E-state index in [9.17, 15) is 14.0 Å². The third-order valence-electron chi connectivity index (χ3n) is 5.02. The zero-order valence-electron chi connectivity index (χ0n) is 15.9. The van der Waals surface area contributed by atoms with Gasteiger partial charge in [0.15, 0.2) is 0 Å². The normalized spacial score (nSPS) is 14.8. The molecule has 2 heterocycles. The highest BCUT2D eigenvalue weighted by Crippen LogP contribution is 2.20. The lowest BCUT2D eigenvalue weighted by Crippen LogP contribution is -2.43. The Bertz CT molecular complexity index is 847. The van der Waals surface area contributed by atoms with Crippen molar-refractivity contribution in [3.63, 3.8) is 0 Å². The topological polar surface area (TPSA) is 70.5 Å². The summed E-state index contributed by atoms with van der Waals surface area (Å²) in [6.07, 6.45) is 3.18. The predicted molar refractivity (Wildman–Crippen MR) is 109 cm³/mol. The van der Waals surface area contributed by atoms with Crippen molar-refractivity contribution in [2.24, 2.45) is 7.05 Å². The summed E-state index contributed by atoms with van der Waals surface area (Å²) in [4.78, 5) is 32.2. The molecule has 1 fully saturated rings. The Kier molecular flexibility index (Phi) is 6.33. The van der Waals surface area contributed by atoms with Gasteiger partial charge in [0, 0.05) is 38.9 Å². The van der Waals surface area contributed by atoms with Crippen molar-refractivity contribution in [3.8, 4) is 0 Å². The van der Waals surface area contributed by atoms with Crippen molar-refractivity contribution < 1.29 is 14.0 Å². The van der Waals surface area contributed by atoms with Gasteiger partial charge in [0.25, 0.3) is 5.91 Å². The van der Waals surface area contributed by atoms with E-state index in [0.29, 0.717) is 35.7 Å². The summed E-state index contributed by atoms with van der Waals surface area (Å²) in [5.41, 5.74) is 1.03. The highest BCUT2D eigenvalue weighted by Gasteiger charge is 2.24. The second kappa shape index (κ2) is 8.72. The molecule has 1 saturated heterocycles. The number of carbonyl (C=O) groups excluding carboxylic acids is 2. The first kappa shape index (κ1) is 20.3. The van der Waals surface area contributed by atoms with E-state index >= 15 is 0 Å². The van der Waals surface area contributed by atoms with Crippen LogP contribution in [0.2, 0.25) is 0 Å². The lowest BCUT2D eigenvalue weighted by Gasteiger charge is -2.32. The van der Waals surface area contributed by atoms with Gasteiger partial charge in [-0.25, -0.2) is 9.37 Å². The van der Waals surface area contributed by atoms with E-state index < -0.39 is 0 Å². The SMILES string of the molecule is CN(C(=O)c1cnc(NC2CCN(C(=O)CBr)CC2)n1C)c1ccc(F)cc1. The summed E-state index contributed by atoms with van der Waals surface area (Å²) in [6, 6.07) is 5.96. The molecule has 9 heteroatoms. The minimum Gasteiger partial charge on any atom is -0.353 e. The molecule has 0 bridgehead atoms. The molecule has 0 radical (unpaired) electrons. The Morgan fingerprint density at radius 2 is 1.93 bits per heavy atom. The van der Waals surface area contributed by atoms with Crippen LogP contribution < -0.4 is 10.2 Å². The number of benzene rings is 1. The molecule has 1 aliphatic heterocycles. The van der Waals surface area contributed by atoms with Gasteiger partial charge in [-0.1, -0.05) is 15.9 Å². The molecule has 0 atom stereocenters. The number of halogens is 2. The van der Waals surface area contributed by atoms with Crippen LogP contribution in [0.5, 0.6) is 0 Å². The van der Waals surface area contributed by atoms with Crippen LogP contribution in [-0.2, 0) is 11.8 Å². The summed E-state index contributed by atoms with van der Waals surface area (Å²) in [7, 11) is 3.43. The second-order valence-electron chi connectivity index (χ2n) is 6.80. The Hall–Kier alpha value is -2.42. The highest BCUT2D eigenvalue weighted by molar-refractivity contribution is 9.09. The first-order chi connectivity index (χ1) is 13.4. The lowest BCUT2D eigenvalue weighted by molar-refractivity contribution is -0.129. The molecule has 28 heavy (non-hydrogen) atoms. The van der Waals surface area contributed by atoms with Gasteiger partial charge in [0.2, 0.25) is 11.9 Å². The zero-order chi connectivity index (χ0) is 20.3. The Morgan fingerprint density at radius 1 is 1.29 bits per heavy atom. The van der Waals surface area contributed by atoms with Crippen LogP contribution in [0.1, 0.15) is 23.3 Å². The predicted octanol–water partition coefficient (Wildman–Crippen LogP) is 2.63. The minimum atomic E-state index is -0.347. The second-order valence-corrected chi connectivity index (χ2v) is 7.36. The highest BCUT2D eigenvalue weighted by atomic mass is 79.9. The molecule has 3 rings (SSSR count). The summed E-state index contributed by atoms with van der Waals surface area (Å²) in [5, 5.41) is 3.71. The monoisotopic (exact) mass is 451 g/mol. The maximum atomic E-state index is 13.1. The number of anilines is 2. The number of rotatable bonds is 5. The first-order valence-electron chi connectivity index (χ1n) is 9.06. The van der Waals surface area contributed by atoms with Crippen LogP contribution in [-0.4, -0.2) is 57.8 Å². The van der Waals surface area contributed by atoms with E-state index in [1.807, 2.05) is 4.90 Å². The summed E-state index contributed by atoms with van der Waals surface area (Å²) >= 11 is 3.20. The van der Waals surface area contributed by atoms with E-state index in [2.05, 4.69) is 26.2 Å². The number of carbonyl (C=O) groups is 2. The molecule has 1 aliphatic rings. The smallest absolute Gasteiger partial charge is 0.276 e. The van der Waals surface area contributed by atoms with Gasteiger partial charge in [-0.3, -0.25) is 9.59 Å². The third-order valence-corrected chi connectivity index (χ3v) is 5.50. The number of hydrogen-bond acceptors (Lipinski definition) is 4. The molecule has 0 spiro atoms. The fourth-order valence-electron chi connectivity index (χ4n) is 3.24. The van der Waals surface area contributed by atoms with Crippen LogP contribution in [0.25, 0.3) is 0 Å². The molecule has 1 N–H and O–H groups in total. The Balaban J connectivity index is 1.64. The van der Waals surface area contributed by atoms with Crippen molar-refractivity contribution >= 4 is 39.4 Å². The molecule has 2 amide bonds. The number of amides is 2. The molecule has 1 aromatic heterocycles. The first-order valence-corrected chi connectivity index (χ1v) is 10.2. The van der Waals surface area contributed by atoms with Gasteiger partial charge >= 0.3 is 0 Å². The standard InChI is InChI=1S/C19H23BrFN5O2/c1-24(15-5-3-13(21)4-6-15)18(28)16-12-22-19(25(16)2)23-14-7-9-26(10-8-14)17(27)11-20/h3-6,12,14H,7-11H2,1-2H3,(H,22,23). The molecule has 2 aromatic rings. The van der Waals surface area contributed by atoms with Crippen LogP contribution >= 0.6 is 15.9 Å². The van der Waals surface area contributed by atoms with Crippen LogP contribution in [0, 0.1) is 5.82 Å². The summed E-state index contributed by atoms with van der Waals surface area (Å²) in [6.45, 7) is 1.40. The van der Waals surface area contributed by atoms with Gasteiger partial charge < -0.3 is 19.7 Å². The van der Waals surface area contributed by atoms with E-state index in [4.69, 9.17) is 0 Å². The molecule has 0 saturated carbocycles. The number of piperidine rings is 1. The maximum Gasteiger partial charge on any atom is 0.276 e. The third kappa shape index (κ3) is 4.35. The molecule has 0 unspecified atom stereocenters. The van der Waals surface area contributed by atoms with E-state index in [1.54, 1.807) is 30.8 Å². The number of hydrogen-bond donors (Lipinski definition) is 1. The molecule has 150 valence electrons. The van der Waals surface area contributed by atoms with Crippen molar-refractivity contribution in [2.45, 2.75) is 18.9 Å². The fraction of sp³-hybridized carbons (Fsp3) is 0.421. The van der Waals surface area contributed by atoms with Gasteiger partial charge in [0.05, 0.1) is 11.5 Å². The number of nitrogens with zero attached hydrogens (tertiary/aromatic N) is 4. The molecule has 0 aliphatic carbocycles. The van der Waals surface area contributed by atoms with Gasteiger partial charge in [-0.15, -0.1) is 0 Å². The van der Waals surface area contributed by atoms with E-state index in [1.165, 1.54) is 23.2 Å². The number of likely N-dealkylation sites (tertiary alicyclic amines) is 1. The quantitative estimate of drug-likeness (QED) is 0.709. The van der Waals surface area contributed by atoms with Crippen molar-refractivity contribution in [1.82, 2.24) is 14.5 Å². The van der Waals surface area contributed by atoms with Gasteiger partial charge in [-0.05, 0) is 37.1 Å². The Labute approximate surface area is 171 Å². The van der Waals surface area contributed by atoms with Crippen molar-refractivity contribution in [3.05, 3.63) is 42.0 Å². The number of nitrogens with one attached hydrogen (secondary N) is 1. The van der Waals surface area contributed by atoms with Crippen LogP contribution in [0.3, 0.4) is 0 Å². The molecular formula is C19H23BrFN5O2. The summed E-state index contributed by atoms with van der Waals surface area (Å²) in [5.74, 6) is 0.140. The average molecular weight is 452 g/mol. The zero-order valence-corrected chi connectivity index (χ0v) is 17.4. The van der Waals surface area contributed by atoms with Crippen LogP contribution in [0.15, 0.2) is 30.5 Å². The molecular weight excluding hydrogens is 429 g/mol. The maximum absolute atomic E-state index is 13.1. The van der Waals surface area contributed by atoms with Crippen LogP contribution in [0.4, 0.5) is 16.0 Å². The average Bonchev–Trinajstić information content (AvgIpc) is 3.07. The number of aromatic nitrogens is 2. The largest absolute Gasteiger partial charge is 0.353 e. The number of imidazole rings is 1. The molecule has 7 nitrogen and oxygen atoms in total. The van der Waals surface area contributed by atoms with Crippen molar-refractivity contribution in [1.29, 1.82) is 0 Å². The lowest BCUT2D eigenvalue weighted by atomic mass is 10.1. The fourth-order valence-corrected chi connectivity index (χ4v) is 3.59. The van der Waals surface area contributed by atoms with E-state index in [-0.39, 0.29) is 23.7 Å². The number of alkyl halides is 1. The van der Waals surface area contributed by atoms with E-state index in [0.717, 1.165) is 12.8 Å². The van der Waals surface area contributed by atoms with Gasteiger partial charge in [0.1, 0.15) is 11.5 Å². The Morgan fingerprint density at radius 3 is 2.54 bits per heavy atom. The van der Waals surface area contributed by atoms with Crippen molar-refractivity contribution in [2.75, 3.05) is 35.7 Å². The molecule has 1 aromatic carbocycles. The van der Waals surface area contributed by atoms with Gasteiger partial charge in [-0.2, -0.15) is 0 Å². The minimum absolute atomic E-state index is 0.104. The summed E-state index contributed by atoms with van der Waals surface area (Å²) < 4.78 is 14.8.